The van der Waals surface area contributed by atoms with Crippen LogP contribution in [0, 0.1) is 0 Å². The van der Waals surface area contributed by atoms with Crippen molar-refractivity contribution in [2.75, 3.05) is 24.5 Å². The van der Waals surface area contributed by atoms with Crippen LogP contribution in [0.3, 0.4) is 0 Å². The van der Waals surface area contributed by atoms with Gasteiger partial charge in [0.1, 0.15) is 11.8 Å². The van der Waals surface area contributed by atoms with E-state index < -0.39 is 10.1 Å². The number of rotatable bonds is 7. The van der Waals surface area contributed by atoms with Gasteiger partial charge in [0.05, 0.1) is 11.4 Å². The molecule has 0 fully saturated rings. The normalized spacial score (nSPS) is 13.4. The van der Waals surface area contributed by atoms with Crippen LogP contribution in [-0.4, -0.2) is 42.5 Å². The van der Waals surface area contributed by atoms with Gasteiger partial charge in [0.25, 0.3) is 10.1 Å². The molecule has 0 aliphatic carbocycles. The van der Waals surface area contributed by atoms with Crippen LogP contribution in [0.25, 0.3) is 0 Å². The number of fused-ring (bicyclic) bond motifs is 2. The number of unbranched alkanes of at least 4 members (excludes halogenated alkanes) is 1. The third kappa shape index (κ3) is 4.49. The molecule has 134 valence electrons. The first-order chi connectivity index (χ1) is 12.0. The molecule has 0 unspecified atom stereocenters. The summed E-state index contributed by atoms with van der Waals surface area (Å²) in [5.41, 5.74) is 2.11. The fourth-order valence-electron chi connectivity index (χ4n) is 2.68. The summed E-state index contributed by atoms with van der Waals surface area (Å²) in [4.78, 5) is 11.9. The molecule has 2 heterocycles. The molecule has 9 heteroatoms. The Morgan fingerprint density at radius 1 is 1.24 bits per heavy atom. The van der Waals surface area contributed by atoms with E-state index in [1.165, 1.54) is 0 Å². The first kappa shape index (κ1) is 18.1. The van der Waals surface area contributed by atoms with Crippen LogP contribution in [0.5, 0.6) is 0 Å². The standard InChI is InChI=1S/C16H19N3O4S2/c1-23-11-19-13-10-12(4-2-3-9-25(20,21)22)5-6-14(13)24-16-15(19)17-7-8-18-16/h5-8,10H,2-4,9,11H2,1H3,(H,20,21,22). The fraction of sp³-hybridized carbons (Fsp3) is 0.375. The molecule has 1 N–H and O–H groups in total. The van der Waals surface area contributed by atoms with Crippen LogP contribution in [-0.2, 0) is 21.3 Å². The maximum Gasteiger partial charge on any atom is 0.264 e. The highest BCUT2D eigenvalue weighted by atomic mass is 32.2. The summed E-state index contributed by atoms with van der Waals surface area (Å²) >= 11 is 1.57. The van der Waals surface area contributed by atoms with E-state index in [9.17, 15) is 8.42 Å². The molecule has 0 atom stereocenters. The topological polar surface area (TPSA) is 92.6 Å². The Hall–Kier alpha value is -1.68. The van der Waals surface area contributed by atoms with E-state index >= 15 is 0 Å². The maximum absolute atomic E-state index is 10.8. The van der Waals surface area contributed by atoms with Gasteiger partial charge in [0.15, 0.2) is 5.82 Å². The average Bonchev–Trinajstić information content (AvgIpc) is 2.58. The molecule has 2 aromatic rings. The molecular weight excluding hydrogens is 362 g/mol. The lowest BCUT2D eigenvalue weighted by molar-refractivity contribution is 0.204. The summed E-state index contributed by atoms with van der Waals surface area (Å²) in [5, 5.41) is 0.841. The van der Waals surface area contributed by atoms with Crippen molar-refractivity contribution in [2.24, 2.45) is 0 Å². The van der Waals surface area contributed by atoms with Gasteiger partial charge >= 0.3 is 0 Å². The predicted octanol–water partition coefficient (Wildman–Crippen LogP) is 2.89. The number of aryl methyl sites for hydroxylation is 1. The Morgan fingerprint density at radius 3 is 2.80 bits per heavy atom. The Balaban J connectivity index is 1.78. The van der Waals surface area contributed by atoms with Gasteiger partial charge in [0.2, 0.25) is 0 Å². The van der Waals surface area contributed by atoms with E-state index in [4.69, 9.17) is 9.29 Å². The van der Waals surface area contributed by atoms with Crippen molar-refractivity contribution in [3.63, 3.8) is 0 Å². The average molecular weight is 381 g/mol. The van der Waals surface area contributed by atoms with Gasteiger partial charge in [0, 0.05) is 24.4 Å². The SMILES string of the molecule is COCN1c2cc(CCCCS(=O)(=O)O)ccc2Sc2nccnc21. The Morgan fingerprint density at radius 2 is 2.04 bits per heavy atom. The van der Waals surface area contributed by atoms with Gasteiger partial charge < -0.3 is 4.74 Å². The van der Waals surface area contributed by atoms with E-state index in [1.807, 2.05) is 17.0 Å². The van der Waals surface area contributed by atoms with Crippen molar-refractivity contribution in [3.05, 3.63) is 36.2 Å². The monoisotopic (exact) mass is 381 g/mol. The number of methoxy groups -OCH3 is 1. The number of anilines is 2. The molecule has 0 spiro atoms. The van der Waals surface area contributed by atoms with Crippen molar-refractivity contribution >= 4 is 33.4 Å². The summed E-state index contributed by atoms with van der Waals surface area (Å²) in [5.74, 6) is 0.567. The van der Waals surface area contributed by atoms with Gasteiger partial charge in [-0.05, 0) is 37.0 Å². The lowest BCUT2D eigenvalue weighted by Crippen LogP contribution is -2.24. The van der Waals surface area contributed by atoms with E-state index in [1.54, 1.807) is 31.3 Å². The van der Waals surface area contributed by atoms with Crippen molar-refractivity contribution < 1.29 is 17.7 Å². The molecule has 0 amide bonds. The second-order valence-corrected chi connectivity index (χ2v) is 8.28. The van der Waals surface area contributed by atoms with Crippen LogP contribution in [0.2, 0.25) is 0 Å². The molecule has 0 radical (unpaired) electrons. The zero-order chi connectivity index (χ0) is 17.9. The molecule has 0 saturated carbocycles. The molecule has 3 rings (SSSR count). The molecule has 0 saturated heterocycles. The molecule has 1 aromatic heterocycles. The maximum atomic E-state index is 10.8. The lowest BCUT2D eigenvalue weighted by atomic mass is 10.1. The number of aromatic nitrogens is 2. The molecule has 1 aliphatic heterocycles. The quantitative estimate of drug-likeness (QED) is 0.578. The predicted molar refractivity (Wildman–Crippen MR) is 96.0 cm³/mol. The summed E-state index contributed by atoms with van der Waals surface area (Å²) in [6.45, 7) is 0.367. The number of benzene rings is 1. The van der Waals surface area contributed by atoms with Gasteiger partial charge in [-0.1, -0.05) is 17.8 Å². The number of nitrogens with zero attached hydrogens (tertiary/aromatic N) is 3. The van der Waals surface area contributed by atoms with E-state index in [-0.39, 0.29) is 5.75 Å². The zero-order valence-corrected chi connectivity index (χ0v) is 15.4. The molecular formula is C16H19N3O4S2. The van der Waals surface area contributed by atoms with Gasteiger partial charge in [-0.25, -0.2) is 9.97 Å². The first-order valence-corrected chi connectivity index (χ1v) is 10.2. The molecule has 0 bridgehead atoms. The summed E-state index contributed by atoms with van der Waals surface area (Å²) in [7, 11) is -2.25. The summed E-state index contributed by atoms with van der Waals surface area (Å²) in [6.07, 6.45) is 5.19. The highest BCUT2D eigenvalue weighted by Crippen LogP contribution is 2.46. The van der Waals surface area contributed by atoms with Crippen LogP contribution < -0.4 is 4.90 Å². The second-order valence-electron chi connectivity index (χ2n) is 5.68. The Labute approximate surface area is 151 Å². The zero-order valence-electron chi connectivity index (χ0n) is 13.8. The van der Waals surface area contributed by atoms with Gasteiger partial charge in [-0.3, -0.25) is 9.45 Å². The van der Waals surface area contributed by atoms with E-state index in [2.05, 4.69) is 16.0 Å². The lowest BCUT2D eigenvalue weighted by Gasteiger charge is -2.30. The first-order valence-electron chi connectivity index (χ1n) is 7.81. The van der Waals surface area contributed by atoms with Crippen molar-refractivity contribution in [1.29, 1.82) is 0 Å². The minimum atomic E-state index is -3.89. The Bertz CT molecular complexity index is 858. The van der Waals surface area contributed by atoms with Gasteiger partial charge in [-0.15, -0.1) is 0 Å². The van der Waals surface area contributed by atoms with Gasteiger partial charge in [-0.2, -0.15) is 8.42 Å². The van der Waals surface area contributed by atoms with Crippen LogP contribution in [0.15, 0.2) is 40.5 Å². The minimum absolute atomic E-state index is 0.202. The number of ether oxygens (including phenoxy) is 1. The summed E-state index contributed by atoms with van der Waals surface area (Å²) in [6, 6.07) is 6.15. The van der Waals surface area contributed by atoms with E-state index in [0.29, 0.717) is 19.6 Å². The number of hydrogen-bond acceptors (Lipinski definition) is 7. The number of hydrogen-bond donors (Lipinski definition) is 1. The highest BCUT2D eigenvalue weighted by molar-refractivity contribution is 7.99. The summed E-state index contributed by atoms with van der Waals surface area (Å²) < 4.78 is 35.7. The van der Waals surface area contributed by atoms with E-state index in [0.717, 1.165) is 33.4 Å². The highest BCUT2D eigenvalue weighted by Gasteiger charge is 2.25. The second kappa shape index (κ2) is 7.69. The van der Waals surface area contributed by atoms with Crippen LogP contribution >= 0.6 is 11.8 Å². The Kier molecular flexibility index (Phi) is 5.57. The van der Waals surface area contributed by atoms with Crippen LogP contribution in [0.4, 0.5) is 11.5 Å². The van der Waals surface area contributed by atoms with Crippen LogP contribution in [0.1, 0.15) is 18.4 Å². The van der Waals surface area contributed by atoms with Crippen molar-refractivity contribution in [1.82, 2.24) is 9.97 Å². The van der Waals surface area contributed by atoms with Crippen molar-refractivity contribution in [3.8, 4) is 0 Å². The largest absolute Gasteiger partial charge is 0.364 e. The molecule has 1 aliphatic rings. The smallest absolute Gasteiger partial charge is 0.264 e. The fourth-order valence-corrected chi connectivity index (χ4v) is 4.24. The van der Waals surface area contributed by atoms with Crippen molar-refractivity contribution in [2.45, 2.75) is 29.2 Å². The third-order valence-electron chi connectivity index (χ3n) is 3.80. The minimum Gasteiger partial charge on any atom is -0.364 e. The molecule has 25 heavy (non-hydrogen) atoms. The molecule has 7 nitrogen and oxygen atoms in total. The molecule has 1 aromatic carbocycles. The third-order valence-corrected chi connectivity index (χ3v) is 5.65.